The van der Waals surface area contributed by atoms with Gasteiger partial charge in [-0.1, -0.05) is 43.3 Å². The summed E-state index contributed by atoms with van der Waals surface area (Å²) in [4.78, 5) is 9.08. The van der Waals surface area contributed by atoms with Gasteiger partial charge in [-0.2, -0.15) is 0 Å². The minimum absolute atomic E-state index is 0.846. The highest BCUT2D eigenvalue weighted by Gasteiger charge is 2.06. The minimum Gasteiger partial charge on any atom is -0.233 e. The van der Waals surface area contributed by atoms with Crippen molar-refractivity contribution in [1.29, 1.82) is 0 Å². The van der Waals surface area contributed by atoms with Crippen molar-refractivity contribution in [2.75, 3.05) is 0 Å². The van der Waals surface area contributed by atoms with Crippen LogP contribution in [0.15, 0.2) is 53.1 Å². The summed E-state index contributed by atoms with van der Waals surface area (Å²) in [7, 11) is 0. The molecule has 0 unspecified atom stereocenters. The van der Waals surface area contributed by atoms with E-state index in [2.05, 4.69) is 75.3 Å². The van der Waals surface area contributed by atoms with Gasteiger partial charge in [0.05, 0.1) is 5.69 Å². The van der Waals surface area contributed by atoms with Crippen LogP contribution >= 0.6 is 15.9 Å². The number of hydrogen-bond donors (Lipinski definition) is 0. The van der Waals surface area contributed by atoms with Crippen LogP contribution in [-0.2, 0) is 6.42 Å². The molecule has 0 aliphatic heterocycles. The first kappa shape index (κ1) is 13.3. The number of aromatic nitrogens is 2. The van der Waals surface area contributed by atoms with Crippen molar-refractivity contribution in [1.82, 2.24) is 9.97 Å². The number of hydrogen-bond acceptors (Lipinski definition) is 2. The molecule has 0 aliphatic carbocycles. The molecule has 20 heavy (non-hydrogen) atoms. The predicted molar refractivity (Wildman–Crippen MR) is 86.7 cm³/mol. The third-order valence-corrected chi connectivity index (χ3v) is 3.67. The first-order valence-corrected chi connectivity index (χ1v) is 7.58. The fourth-order valence-corrected chi connectivity index (χ4v) is 2.72. The molecule has 3 heteroatoms. The molecule has 3 rings (SSSR count). The van der Waals surface area contributed by atoms with Crippen molar-refractivity contribution in [2.24, 2.45) is 0 Å². The predicted octanol–water partition coefficient (Wildman–Crippen LogP) is 5.01. The summed E-state index contributed by atoms with van der Waals surface area (Å²) >= 11 is 3.48. The molecule has 2 nitrogen and oxygen atoms in total. The average Bonchev–Trinajstić information content (AvgIpc) is 2.46. The van der Waals surface area contributed by atoms with Gasteiger partial charge in [0.1, 0.15) is 10.4 Å². The fourth-order valence-electron chi connectivity index (χ4n) is 2.30. The van der Waals surface area contributed by atoms with Gasteiger partial charge in [0.25, 0.3) is 0 Å². The monoisotopic (exact) mass is 326 g/mol. The van der Waals surface area contributed by atoms with E-state index in [1.807, 2.05) is 6.07 Å². The SMILES string of the molecule is CCCc1nc(Br)cc(-c2ccc3ccccc3c2)n1. The van der Waals surface area contributed by atoms with Gasteiger partial charge in [0.15, 0.2) is 0 Å². The van der Waals surface area contributed by atoms with E-state index in [1.165, 1.54) is 10.8 Å². The zero-order valence-electron chi connectivity index (χ0n) is 11.3. The molecule has 1 aromatic heterocycles. The van der Waals surface area contributed by atoms with Gasteiger partial charge in [-0.25, -0.2) is 9.97 Å². The molecule has 1 heterocycles. The molecule has 0 N–H and O–H groups in total. The number of rotatable bonds is 3. The highest BCUT2D eigenvalue weighted by molar-refractivity contribution is 9.10. The van der Waals surface area contributed by atoms with Crippen LogP contribution in [0.5, 0.6) is 0 Å². The summed E-state index contributed by atoms with van der Waals surface area (Å²) in [5.74, 6) is 0.894. The van der Waals surface area contributed by atoms with Gasteiger partial charge >= 0.3 is 0 Å². The topological polar surface area (TPSA) is 25.8 Å². The van der Waals surface area contributed by atoms with E-state index < -0.39 is 0 Å². The van der Waals surface area contributed by atoms with Gasteiger partial charge in [-0.3, -0.25) is 0 Å². The quantitative estimate of drug-likeness (QED) is 0.632. The Morgan fingerprint density at radius 2 is 1.75 bits per heavy atom. The van der Waals surface area contributed by atoms with Crippen LogP contribution in [-0.4, -0.2) is 9.97 Å². The van der Waals surface area contributed by atoms with Crippen LogP contribution in [0.2, 0.25) is 0 Å². The van der Waals surface area contributed by atoms with Crippen LogP contribution in [0, 0.1) is 0 Å². The molecule has 3 aromatic rings. The van der Waals surface area contributed by atoms with Crippen LogP contribution < -0.4 is 0 Å². The summed E-state index contributed by atoms with van der Waals surface area (Å²) < 4.78 is 0.846. The Labute approximate surface area is 127 Å². The second-order valence-electron chi connectivity index (χ2n) is 4.80. The number of benzene rings is 2. The van der Waals surface area contributed by atoms with Crippen molar-refractivity contribution in [3.05, 3.63) is 59.0 Å². The molecule has 0 bridgehead atoms. The van der Waals surface area contributed by atoms with E-state index >= 15 is 0 Å². The lowest BCUT2D eigenvalue weighted by Crippen LogP contribution is -1.97. The second kappa shape index (κ2) is 5.71. The molecular weight excluding hydrogens is 312 g/mol. The summed E-state index contributed by atoms with van der Waals surface area (Å²) in [6.07, 6.45) is 1.95. The standard InChI is InChI=1S/C17H15BrN2/c1-2-5-17-19-15(11-16(18)20-17)14-9-8-12-6-3-4-7-13(12)10-14/h3-4,6-11H,2,5H2,1H3. The lowest BCUT2D eigenvalue weighted by molar-refractivity contribution is 0.831. The van der Waals surface area contributed by atoms with Crippen LogP contribution in [0.25, 0.3) is 22.0 Å². The maximum atomic E-state index is 4.66. The van der Waals surface area contributed by atoms with E-state index in [0.29, 0.717) is 0 Å². The van der Waals surface area contributed by atoms with Crippen LogP contribution in [0.3, 0.4) is 0 Å². The third-order valence-electron chi connectivity index (χ3n) is 3.26. The normalized spacial score (nSPS) is 10.9. The molecule has 2 aromatic carbocycles. The highest BCUT2D eigenvalue weighted by atomic mass is 79.9. The molecule has 0 amide bonds. The Kier molecular flexibility index (Phi) is 3.79. The summed E-state index contributed by atoms with van der Waals surface area (Å²) in [5.41, 5.74) is 2.10. The van der Waals surface area contributed by atoms with E-state index in [9.17, 15) is 0 Å². The van der Waals surface area contributed by atoms with Crippen molar-refractivity contribution in [2.45, 2.75) is 19.8 Å². The molecule has 0 fully saturated rings. The van der Waals surface area contributed by atoms with Gasteiger partial charge in [0, 0.05) is 12.0 Å². The molecule has 0 spiro atoms. The first-order valence-electron chi connectivity index (χ1n) is 6.79. The zero-order valence-corrected chi connectivity index (χ0v) is 12.9. The lowest BCUT2D eigenvalue weighted by Gasteiger charge is -2.06. The van der Waals surface area contributed by atoms with Crippen molar-refractivity contribution in [3.8, 4) is 11.3 Å². The van der Waals surface area contributed by atoms with Gasteiger partial charge < -0.3 is 0 Å². The molecular formula is C17H15BrN2. The lowest BCUT2D eigenvalue weighted by atomic mass is 10.0. The molecule has 0 saturated carbocycles. The number of fused-ring (bicyclic) bond motifs is 1. The molecule has 100 valence electrons. The molecule has 0 radical (unpaired) electrons. The van der Waals surface area contributed by atoms with Crippen molar-refractivity contribution in [3.63, 3.8) is 0 Å². The molecule has 0 aliphatic rings. The largest absolute Gasteiger partial charge is 0.233 e. The maximum absolute atomic E-state index is 4.66. The smallest absolute Gasteiger partial charge is 0.130 e. The Balaban J connectivity index is 2.10. The number of nitrogens with zero attached hydrogens (tertiary/aromatic N) is 2. The number of aryl methyl sites for hydroxylation is 1. The van der Waals surface area contributed by atoms with Crippen molar-refractivity contribution < 1.29 is 0 Å². The average molecular weight is 327 g/mol. The number of halogens is 1. The second-order valence-corrected chi connectivity index (χ2v) is 5.62. The van der Waals surface area contributed by atoms with E-state index in [4.69, 9.17) is 0 Å². The Hall–Kier alpha value is -1.74. The van der Waals surface area contributed by atoms with Crippen LogP contribution in [0.1, 0.15) is 19.2 Å². The summed E-state index contributed by atoms with van der Waals surface area (Å²) in [6.45, 7) is 2.14. The van der Waals surface area contributed by atoms with Gasteiger partial charge in [-0.05, 0) is 45.3 Å². The molecule has 0 atom stereocenters. The Bertz CT molecular complexity index is 753. The third kappa shape index (κ3) is 2.73. The maximum Gasteiger partial charge on any atom is 0.130 e. The summed E-state index contributed by atoms with van der Waals surface area (Å²) in [5, 5.41) is 2.48. The first-order chi connectivity index (χ1) is 9.76. The van der Waals surface area contributed by atoms with Crippen molar-refractivity contribution >= 4 is 26.7 Å². The minimum atomic E-state index is 0.846. The van der Waals surface area contributed by atoms with Gasteiger partial charge in [0.2, 0.25) is 0 Å². The Morgan fingerprint density at radius 3 is 2.55 bits per heavy atom. The van der Waals surface area contributed by atoms with Crippen LogP contribution in [0.4, 0.5) is 0 Å². The molecule has 0 saturated heterocycles. The highest BCUT2D eigenvalue weighted by Crippen LogP contribution is 2.25. The summed E-state index contributed by atoms with van der Waals surface area (Å²) in [6, 6.07) is 16.8. The van der Waals surface area contributed by atoms with E-state index in [-0.39, 0.29) is 0 Å². The van der Waals surface area contributed by atoms with E-state index in [1.54, 1.807) is 0 Å². The Morgan fingerprint density at radius 1 is 0.950 bits per heavy atom. The zero-order chi connectivity index (χ0) is 13.9. The van der Waals surface area contributed by atoms with Gasteiger partial charge in [-0.15, -0.1) is 0 Å². The van der Waals surface area contributed by atoms with E-state index in [0.717, 1.165) is 34.5 Å². The fraction of sp³-hybridized carbons (Fsp3) is 0.176.